The summed E-state index contributed by atoms with van der Waals surface area (Å²) in [5.41, 5.74) is -0.912. The maximum Gasteiger partial charge on any atom is 0.322 e. The third kappa shape index (κ3) is 2.06. The normalized spacial score (nSPS) is 37.1. The van der Waals surface area contributed by atoms with Crippen molar-refractivity contribution in [3.63, 3.8) is 0 Å². The van der Waals surface area contributed by atoms with E-state index in [2.05, 4.69) is 22.9 Å². The van der Waals surface area contributed by atoms with Gasteiger partial charge in [0.2, 0.25) is 5.91 Å². The number of rotatable bonds is 1. The van der Waals surface area contributed by atoms with Crippen LogP contribution in [0.3, 0.4) is 0 Å². The molecule has 20 heavy (non-hydrogen) atoms. The lowest BCUT2D eigenvalue weighted by molar-refractivity contribution is -0.134. The molecule has 4 amide bonds. The quantitative estimate of drug-likeness (QED) is 0.548. The SMILES string of the molecule is CC1CCCNC1C(=O)N1CCC2(C1)NC(=O)NC2=O. The minimum Gasteiger partial charge on any atom is -0.338 e. The van der Waals surface area contributed by atoms with Gasteiger partial charge >= 0.3 is 6.03 Å². The van der Waals surface area contributed by atoms with Crippen molar-refractivity contribution >= 4 is 17.8 Å². The lowest BCUT2D eigenvalue weighted by Crippen LogP contribution is -2.54. The van der Waals surface area contributed by atoms with E-state index < -0.39 is 11.6 Å². The average Bonchev–Trinajstić information content (AvgIpc) is 2.95. The molecule has 3 heterocycles. The van der Waals surface area contributed by atoms with Gasteiger partial charge in [-0.1, -0.05) is 6.92 Å². The summed E-state index contributed by atoms with van der Waals surface area (Å²) in [6, 6.07) is -0.632. The number of carbonyl (C=O) groups excluding carboxylic acids is 3. The molecule has 3 aliphatic heterocycles. The van der Waals surface area contributed by atoms with Crippen molar-refractivity contribution in [2.24, 2.45) is 5.92 Å². The van der Waals surface area contributed by atoms with Crippen LogP contribution in [0, 0.1) is 5.92 Å². The average molecular weight is 280 g/mol. The Morgan fingerprint density at radius 3 is 2.85 bits per heavy atom. The van der Waals surface area contributed by atoms with Gasteiger partial charge in [-0.25, -0.2) is 4.79 Å². The Bertz CT molecular complexity index is 467. The number of likely N-dealkylation sites (tertiary alicyclic amines) is 1. The third-order valence-electron chi connectivity index (χ3n) is 4.63. The summed E-state index contributed by atoms with van der Waals surface area (Å²) in [7, 11) is 0. The van der Waals surface area contributed by atoms with Crippen LogP contribution in [0.4, 0.5) is 4.79 Å². The molecule has 1 spiro atoms. The van der Waals surface area contributed by atoms with Crippen molar-refractivity contribution in [1.29, 1.82) is 0 Å². The summed E-state index contributed by atoms with van der Waals surface area (Å²) in [5.74, 6) is 0.0327. The van der Waals surface area contributed by atoms with Gasteiger partial charge in [0.1, 0.15) is 5.54 Å². The Balaban J connectivity index is 1.69. The Kier molecular flexibility index (Phi) is 3.16. The van der Waals surface area contributed by atoms with Crippen LogP contribution < -0.4 is 16.0 Å². The molecule has 7 heteroatoms. The van der Waals surface area contributed by atoms with Gasteiger partial charge in [-0.2, -0.15) is 0 Å². The van der Waals surface area contributed by atoms with Gasteiger partial charge in [0.25, 0.3) is 5.91 Å². The van der Waals surface area contributed by atoms with Gasteiger partial charge in [-0.3, -0.25) is 14.9 Å². The fourth-order valence-electron chi connectivity index (χ4n) is 3.39. The lowest BCUT2D eigenvalue weighted by atomic mass is 9.92. The number of hydrogen-bond donors (Lipinski definition) is 3. The molecule has 0 bridgehead atoms. The number of amides is 4. The molecule has 7 nitrogen and oxygen atoms in total. The van der Waals surface area contributed by atoms with Gasteiger partial charge in [0.15, 0.2) is 0 Å². The van der Waals surface area contributed by atoms with Crippen LogP contribution in [0.15, 0.2) is 0 Å². The molecule has 3 rings (SSSR count). The van der Waals surface area contributed by atoms with Gasteiger partial charge in [0, 0.05) is 6.54 Å². The van der Waals surface area contributed by atoms with Crippen LogP contribution in [0.5, 0.6) is 0 Å². The van der Waals surface area contributed by atoms with E-state index in [1.165, 1.54) is 0 Å². The Morgan fingerprint density at radius 2 is 2.20 bits per heavy atom. The molecule has 0 saturated carbocycles. The van der Waals surface area contributed by atoms with Gasteiger partial charge in [-0.15, -0.1) is 0 Å². The number of hydrogen-bond acceptors (Lipinski definition) is 4. The van der Waals surface area contributed by atoms with Crippen LogP contribution in [-0.2, 0) is 9.59 Å². The highest BCUT2D eigenvalue weighted by atomic mass is 16.2. The minimum atomic E-state index is -0.912. The zero-order valence-electron chi connectivity index (χ0n) is 11.6. The number of piperidine rings is 1. The summed E-state index contributed by atoms with van der Waals surface area (Å²) in [5, 5.41) is 8.18. The molecule has 0 aromatic heterocycles. The van der Waals surface area contributed by atoms with Gasteiger partial charge < -0.3 is 15.5 Å². The molecule has 110 valence electrons. The maximum absolute atomic E-state index is 12.6. The predicted molar refractivity (Wildman–Crippen MR) is 70.8 cm³/mol. The summed E-state index contributed by atoms with van der Waals surface area (Å²) in [6.07, 6.45) is 2.62. The fourth-order valence-corrected chi connectivity index (χ4v) is 3.39. The highest BCUT2D eigenvalue weighted by Gasteiger charge is 2.52. The topological polar surface area (TPSA) is 90.5 Å². The van der Waals surface area contributed by atoms with Crippen LogP contribution in [-0.4, -0.2) is 54.0 Å². The molecule has 3 unspecified atom stereocenters. The maximum atomic E-state index is 12.6. The van der Waals surface area contributed by atoms with Crippen LogP contribution in [0.2, 0.25) is 0 Å². The van der Waals surface area contributed by atoms with Crippen molar-refractivity contribution in [3.05, 3.63) is 0 Å². The molecular formula is C13H20N4O3. The molecule has 3 atom stereocenters. The number of carbonyl (C=O) groups is 3. The molecule has 3 saturated heterocycles. The van der Waals surface area contributed by atoms with Crippen molar-refractivity contribution in [3.8, 4) is 0 Å². The van der Waals surface area contributed by atoms with E-state index in [1.54, 1.807) is 4.90 Å². The smallest absolute Gasteiger partial charge is 0.322 e. The minimum absolute atomic E-state index is 0.0445. The van der Waals surface area contributed by atoms with Crippen molar-refractivity contribution < 1.29 is 14.4 Å². The number of nitrogens with zero attached hydrogens (tertiary/aromatic N) is 1. The molecule has 0 aromatic carbocycles. The zero-order valence-corrected chi connectivity index (χ0v) is 11.6. The highest BCUT2D eigenvalue weighted by molar-refractivity contribution is 6.07. The van der Waals surface area contributed by atoms with Crippen molar-refractivity contribution in [2.75, 3.05) is 19.6 Å². The molecule has 3 N–H and O–H groups in total. The van der Waals surface area contributed by atoms with E-state index in [-0.39, 0.29) is 24.4 Å². The van der Waals surface area contributed by atoms with Crippen molar-refractivity contribution in [1.82, 2.24) is 20.9 Å². The third-order valence-corrected chi connectivity index (χ3v) is 4.63. The van der Waals surface area contributed by atoms with E-state index in [0.29, 0.717) is 18.9 Å². The Morgan fingerprint density at radius 1 is 1.40 bits per heavy atom. The number of imide groups is 1. The molecule has 3 fully saturated rings. The second-order valence-electron chi connectivity index (χ2n) is 6.05. The molecule has 0 radical (unpaired) electrons. The molecular weight excluding hydrogens is 260 g/mol. The second kappa shape index (κ2) is 4.73. The van der Waals surface area contributed by atoms with Gasteiger partial charge in [-0.05, 0) is 31.7 Å². The number of urea groups is 1. The van der Waals surface area contributed by atoms with E-state index in [0.717, 1.165) is 19.4 Å². The summed E-state index contributed by atoms with van der Waals surface area (Å²) >= 11 is 0. The van der Waals surface area contributed by atoms with Crippen LogP contribution in [0.25, 0.3) is 0 Å². The first-order valence-electron chi connectivity index (χ1n) is 7.18. The highest BCUT2D eigenvalue weighted by Crippen LogP contribution is 2.27. The second-order valence-corrected chi connectivity index (χ2v) is 6.05. The molecule has 0 aromatic rings. The first-order chi connectivity index (χ1) is 9.52. The number of nitrogens with one attached hydrogen (secondary N) is 3. The first-order valence-corrected chi connectivity index (χ1v) is 7.18. The standard InChI is InChI=1S/C13H20N4O3/c1-8-3-2-5-14-9(8)10(18)17-6-4-13(7-17)11(19)15-12(20)16-13/h8-9,14H,2-7H2,1H3,(H2,15,16,19,20). The lowest BCUT2D eigenvalue weighted by Gasteiger charge is -2.32. The van der Waals surface area contributed by atoms with E-state index in [1.807, 2.05) is 0 Å². The largest absolute Gasteiger partial charge is 0.338 e. The van der Waals surface area contributed by atoms with E-state index >= 15 is 0 Å². The zero-order chi connectivity index (χ0) is 14.3. The van der Waals surface area contributed by atoms with Crippen molar-refractivity contribution in [2.45, 2.75) is 37.8 Å². The fraction of sp³-hybridized carbons (Fsp3) is 0.769. The Labute approximate surface area is 117 Å². The van der Waals surface area contributed by atoms with Gasteiger partial charge in [0.05, 0.1) is 12.6 Å². The summed E-state index contributed by atoms with van der Waals surface area (Å²) in [4.78, 5) is 37.4. The summed E-state index contributed by atoms with van der Waals surface area (Å²) in [6.45, 7) is 3.72. The van der Waals surface area contributed by atoms with Crippen LogP contribution in [0.1, 0.15) is 26.2 Å². The Hall–Kier alpha value is -1.63. The summed E-state index contributed by atoms with van der Waals surface area (Å²) < 4.78 is 0. The molecule has 0 aliphatic carbocycles. The van der Waals surface area contributed by atoms with Crippen LogP contribution >= 0.6 is 0 Å². The van der Waals surface area contributed by atoms with E-state index in [4.69, 9.17) is 0 Å². The molecule has 3 aliphatic rings. The first kappa shape index (κ1) is 13.4. The predicted octanol–water partition coefficient (Wildman–Crippen LogP) is -0.815. The monoisotopic (exact) mass is 280 g/mol. The van der Waals surface area contributed by atoms with E-state index in [9.17, 15) is 14.4 Å².